The first kappa shape index (κ1) is 15.8. The summed E-state index contributed by atoms with van der Waals surface area (Å²) in [5.74, 6) is 0.546. The number of piperidine rings is 1. The predicted molar refractivity (Wildman–Crippen MR) is 83.3 cm³/mol. The second kappa shape index (κ2) is 7.44. The van der Waals surface area contributed by atoms with Crippen LogP contribution in [0.15, 0.2) is 0 Å². The quantitative estimate of drug-likeness (QED) is 0.782. The molecule has 2 saturated heterocycles. The molecule has 2 aliphatic heterocycles. The number of rotatable bonds is 2. The van der Waals surface area contributed by atoms with Crippen LogP contribution in [0, 0.1) is 5.92 Å². The van der Waals surface area contributed by atoms with E-state index in [4.69, 9.17) is 4.74 Å². The zero-order valence-electron chi connectivity index (χ0n) is 13.5. The van der Waals surface area contributed by atoms with Gasteiger partial charge in [-0.15, -0.1) is 0 Å². The Hall–Kier alpha value is -1.10. The third-order valence-electron chi connectivity index (χ3n) is 5.35. The van der Waals surface area contributed by atoms with Crippen molar-refractivity contribution in [3.63, 3.8) is 0 Å². The summed E-state index contributed by atoms with van der Waals surface area (Å²) in [6, 6.07) is -0.221. The van der Waals surface area contributed by atoms with Crippen LogP contribution < -0.4 is 0 Å². The van der Waals surface area contributed by atoms with E-state index in [-0.39, 0.29) is 23.8 Å². The molecular formula is C17H28N2O3. The smallest absolute Gasteiger partial charge is 0.245 e. The summed E-state index contributed by atoms with van der Waals surface area (Å²) in [5, 5.41) is 0. The molecule has 0 spiro atoms. The molecule has 22 heavy (non-hydrogen) atoms. The molecule has 1 atom stereocenters. The fourth-order valence-electron chi connectivity index (χ4n) is 4.03. The molecule has 0 N–H and O–H groups in total. The minimum atomic E-state index is -0.221. The van der Waals surface area contributed by atoms with Gasteiger partial charge in [0.2, 0.25) is 11.8 Å². The highest BCUT2D eigenvalue weighted by atomic mass is 16.5. The van der Waals surface area contributed by atoms with Crippen molar-refractivity contribution in [3.05, 3.63) is 0 Å². The zero-order chi connectivity index (χ0) is 15.4. The van der Waals surface area contributed by atoms with E-state index < -0.39 is 0 Å². The fourth-order valence-corrected chi connectivity index (χ4v) is 4.03. The van der Waals surface area contributed by atoms with E-state index in [1.165, 1.54) is 6.42 Å². The van der Waals surface area contributed by atoms with Gasteiger partial charge in [0.1, 0.15) is 6.04 Å². The lowest BCUT2D eigenvalue weighted by Gasteiger charge is -2.40. The molecule has 3 rings (SSSR count). The van der Waals surface area contributed by atoms with Crippen molar-refractivity contribution in [2.45, 2.75) is 57.4 Å². The molecule has 0 radical (unpaired) electrons. The summed E-state index contributed by atoms with van der Waals surface area (Å²) in [6.07, 6.45) is 8.50. The normalized spacial score (nSPS) is 27.7. The van der Waals surface area contributed by atoms with Gasteiger partial charge in [0, 0.05) is 25.6 Å². The molecule has 124 valence electrons. The summed E-state index contributed by atoms with van der Waals surface area (Å²) in [5.41, 5.74) is 0. The summed E-state index contributed by atoms with van der Waals surface area (Å²) in [6.45, 7) is 3.34. The van der Waals surface area contributed by atoms with Crippen LogP contribution in [-0.2, 0) is 14.3 Å². The van der Waals surface area contributed by atoms with E-state index in [0.29, 0.717) is 26.3 Å². The van der Waals surface area contributed by atoms with Gasteiger partial charge in [-0.25, -0.2) is 0 Å². The number of carbonyl (C=O) groups is 2. The van der Waals surface area contributed by atoms with Crippen molar-refractivity contribution in [1.82, 2.24) is 9.80 Å². The monoisotopic (exact) mass is 308 g/mol. The second-order valence-corrected chi connectivity index (χ2v) is 6.82. The highest BCUT2D eigenvalue weighted by molar-refractivity contribution is 5.89. The Morgan fingerprint density at radius 3 is 2.18 bits per heavy atom. The molecule has 3 fully saturated rings. The third-order valence-corrected chi connectivity index (χ3v) is 5.35. The van der Waals surface area contributed by atoms with E-state index in [9.17, 15) is 9.59 Å². The van der Waals surface area contributed by atoms with Crippen LogP contribution in [0.25, 0.3) is 0 Å². The molecule has 3 aliphatic rings. The van der Waals surface area contributed by atoms with Crippen LogP contribution in [0.5, 0.6) is 0 Å². The van der Waals surface area contributed by atoms with Crippen molar-refractivity contribution >= 4 is 11.8 Å². The average molecular weight is 308 g/mol. The largest absolute Gasteiger partial charge is 0.378 e. The SMILES string of the molecule is O=C([C@H]1CCCCN1C(=O)C1CCCCC1)N1CCOCC1. The molecule has 2 heterocycles. The van der Waals surface area contributed by atoms with Crippen molar-refractivity contribution in [2.24, 2.45) is 5.92 Å². The number of morpholine rings is 1. The first-order valence-corrected chi connectivity index (χ1v) is 8.94. The fraction of sp³-hybridized carbons (Fsp3) is 0.882. The number of hydrogen-bond donors (Lipinski definition) is 0. The number of amides is 2. The number of likely N-dealkylation sites (tertiary alicyclic amines) is 1. The minimum absolute atomic E-state index is 0.146. The van der Waals surface area contributed by atoms with Gasteiger partial charge in [-0.2, -0.15) is 0 Å². The lowest BCUT2D eigenvalue weighted by Crippen LogP contribution is -2.56. The summed E-state index contributed by atoms with van der Waals surface area (Å²) in [7, 11) is 0. The standard InChI is InChI=1S/C17H28N2O3/c20-16(14-6-2-1-3-7-14)19-9-5-4-8-15(19)17(21)18-10-12-22-13-11-18/h14-15H,1-13H2/t15-/m1/s1. The molecule has 0 bridgehead atoms. The summed E-state index contributed by atoms with van der Waals surface area (Å²) in [4.78, 5) is 29.5. The Morgan fingerprint density at radius 1 is 0.773 bits per heavy atom. The molecule has 0 unspecified atom stereocenters. The number of carbonyl (C=O) groups excluding carboxylic acids is 2. The Bertz CT molecular complexity index is 363. The second-order valence-electron chi connectivity index (χ2n) is 6.82. The van der Waals surface area contributed by atoms with Crippen LogP contribution in [0.2, 0.25) is 0 Å². The molecule has 2 amide bonds. The van der Waals surface area contributed by atoms with Gasteiger partial charge in [0.15, 0.2) is 0 Å². The minimum Gasteiger partial charge on any atom is -0.378 e. The van der Waals surface area contributed by atoms with Crippen LogP contribution in [0.1, 0.15) is 51.4 Å². The molecule has 0 aromatic rings. The van der Waals surface area contributed by atoms with E-state index in [1.54, 1.807) is 0 Å². The maximum atomic E-state index is 12.9. The van der Waals surface area contributed by atoms with Crippen LogP contribution in [0.4, 0.5) is 0 Å². The Morgan fingerprint density at radius 2 is 1.45 bits per heavy atom. The van der Waals surface area contributed by atoms with Crippen LogP contribution >= 0.6 is 0 Å². The number of nitrogens with zero attached hydrogens (tertiary/aromatic N) is 2. The highest BCUT2D eigenvalue weighted by Crippen LogP contribution is 2.29. The van der Waals surface area contributed by atoms with Crippen LogP contribution in [-0.4, -0.2) is 60.5 Å². The first-order valence-electron chi connectivity index (χ1n) is 8.94. The molecule has 5 nitrogen and oxygen atoms in total. The van der Waals surface area contributed by atoms with Gasteiger partial charge in [0.05, 0.1) is 13.2 Å². The predicted octanol–water partition coefficient (Wildman–Crippen LogP) is 1.81. The van der Waals surface area contributed by atoms with Crippen molar-refractivity contribution < 1.29 is 14.3 Å². The van der Waals surface area contributed by atoms with Gasteiger partial charge in [-0.1, -0.05) is 19.3 Å². The maximum Gasteiger partial charge on any atom is 0.245 e. The van der Waals surface area contributed by atoms with Gasteiger partial charge < -0.3 is 14.5 Å². The Balaban J connectivity index is 1.67. The average Bonchev–Trinajstić information content (AvgIpc) is 2.62. The van der Waals surface area contributed by atoms with Gasteiger partial charge >= 0.3 is 0 Å². The lowest BCUT2D eigenvalue weighted by molar-refractivity contribution is -0.152. The molecule has 0 aromatic carbocycles. The maximum absolute atomic E-state index is 12.9. The number of hydrogen-bond acceptors (Lipinski definition) is 3. The topological polar surface area (TPSA) is 49.9 Å². The summed E-state index contributed by atoms with van der Waals surface area (Å²) >= 11 is 0. The Labute approximate surface area is 133 Å². The molecule has 1 saturated carbocycles. The highest BCUT2D eigenvalue weighted by Gasteiger charge is 2.37. The van der Waals surface area contributed by atoms with Gasteiger partial charge in [0.25, 0.3) is 0 Å². The molecule has 5 heteroatoms. The molecule has 1 aliphatic carbocycles. The zero-order valence-corrected chi connectivity index (χ0v) is 13.5. The van der Waals surface area contributed by atoms with Crippen molar-refractivity contribution in [1.29, 1.82) is 0 Å². The number of ether oxygens (including phenoxy) is 1. The van der Waals surface area contributed by atoms with Gasteiger partial charge in [-0.3, -0.25) is 9.59 Å². The van der Waals surface area contributed by atoms with E-state index >= 15 is 0 Å². The van der Waals surface area contributed by atoms with Gasteiger partial charge in [-0.05, 0) is 32.1 Å². The van der Waals surface area contributed by atoms with E-state index in [0.717, 1.165) is 51.5 Å². The van der Waals surface area contributed by atoms with Crippen molar-refractivity contribution in [3.8, 4) is 0 Å². The summed E-state index contributed by atoms with van der Waals surface area (Å²) < 4.78 is 5.33. The molecule has 0 aromatic heterocycles. The van der Waals surface area contributed by atoms with E-state index in [1.807, 2.05) is 9.80 Å². The van der Waals surface area contributed by atoms with Crippen molar-refractivity contribution in [2.75, 3.05) is 32.8 Å². The lowest BCUT2D eigenvalue weighted by atomic mass is 9.87. The Kier molecular flexibility index (Phi) is 5.34. The first-order chi connectivity index (χ1) is 10.8. The van der Waals surface area contributed by atoms with E-state index in [2.05, 4.69) is 0 Å². The van der Waals surface area contributed by atoms with Crippen LogP contribution in [0.3, 0.4) is 0 Å². The third kappa shape index (κ3) is 3.45. The molecular weight excluding hydrogens is 280 g/mol.